The van der Waals surface area contributed by atoms with Crippen molar-refractivity contribution in [2.75, 3.05) is 65.3 Å². The van der Waals surface area contributed by atoms with E-state index < -0.39 is 15.6 Å². The van der Waals surface area contributed by atoms with Crippen molar-refractivity contribution in [2.24, 2.45) is 0 Å². The zero-order valence-corrected chi connectivity index (χ0v) is 30.9. The third kappa shape index (κ3) is 8.60. The molecule has 1 saturated heterocycles. The SMILES string of the molecule is COc1ccc(CN(Cc2ccc(OC)cc2OC)S(=O)(=O)c2nn(-c3ccc(N4CCN(C(=O)OC(C)(C)C)CC4)cc3)cc2N)c(OC)c1. The van der Waals surface area contributed by atoms with E-state index in [9.17, 15) is 13.2 Å². The average molecular weight is 723 g/mol. The van der Waals surface area contributed by atoms with Crippen LogP contribution in [0.5, 0.6) is 23.0 Å². The molecule has 4 aromatic rings. The number of piperazine rings is 1. The van der Waals surface area contributed by atoms with Crippen LogP contribution >= 0.6 is 0 Å². The number of nitrogen functional groups attached to an aromatic ring is 1. The number of nitrogens with zero attached hydrogens (tertiary/aromatic N) is 5. The molecular formula is C36H46N6O8S. The van der Waals surface area contributed by atoms with Gasteiger partial charge < -0.3 is 39.2 Å². The number of benzene rings is 3. The number of anilines is 2. The summed E-state index contributed by atoms with van der Waals surface area (Å²) in [5.74, 6) is 2.06. The molecule has 3 aromatic carbocycles. The number of aromatic nitrogens is 2. The summed E-state index contributed by atoms with van der Waals surface area (Å²) in [7, 11) is 1.82. The third-order valence-electron chi connectivity index (χ3n) is 8.38. The van der Waals surface area contributed by atoms with Gasteiger partial charge in [0.15, 0.2) is 0 Å². The molecule has 1 aliphatic heterocycles. The molecule has 1 amide bonds. The highest BCUT2D eigenvalue weighted by Crippen LogP contribution is 2.33. The van der Waals surface area contributed by atoms with Crippen LogP contribution in [0, 0.1) is 0 Å². The maximum Gasteiger partial charge on any atom is 0.410 e. The molecule has 1 fully saturated rings. The van der Waals surface area contributed by atoms with Gasteiger partial charge >= 0.3 is 6.09 Å². The van der Waals surface area contributed by atoms with Crippen molar-refractivity contribution in [1.82, 2.24) is 19.0 Å². The summed E-state index contributed by atoms with van der Waals surface area (Å²) in [5.41, 5.74) is 8.62. The molecule has 5 rings (SSSR count). The molecule has 51 heavy (non-hydrogen) atoms. The highest BCUT2D eigenvalue weighted by Gasteiger charge is 2.32. The Bertz CT molecular complexity index is 1880. The largest absolute Gasteiger partial charge is 0.497 e. The molecule has 0 atom stereocenters. The van der Waals surface area contributed by atoms with E-state index >= 15 is 0 Å². The minimum absolute atomic E-state index is 0.00858. The van der Waals surface area contributed by atoms with E-state index in [4.69, 9.17) is 29.4 Å². The maximum absolute atomic E-state index is 14.5. The van der Waals surface area contributed by atoms with Crippen LogP contribution in [-0.4, -0.2) is 93.7 Å². The molecule has 2 heterocycles. The van der Waals surface area contributed by atoms with E-state index in [-0.39, 0.29) is 29.9 Å². The normalized spacial score (nSPS) is 13.6. The predicted octanol–water partition coefficient (Wildman–Crippen LogP) is 4.94. The fourth-order valence-corrected chi connectivity index (χ4v) is 7.09. The molecule has 274 valence electrons. The molecule has 0 radical (unpaired) electrons. The van der Waals surface area contributed by atoms with E-state index in [1.807, 2.05) is 45.0 Å². The number of methoxy groups -OCH3 is 4. The highest BCUT2D eigenvalue weighted by atomic mass is 32.2. The molecule has 1 aliphatic rings. The molecule has 0 unspecified atom stereocenters. The number of sulfonamides is 1. The van der Waals surface area contributed by atoms with Crippen LogP contribution in [0.4, 0.5) is 16.2 Å². The van der Waals surface area contributed by atoms with E-state index in [0.29, 0.717) is 66.0 Å². The highest BCUT2D eigenvalue weighted by molar-refractivity contribution is 7.89. The molecule has 0 saturated carbocycles. The quantitative estimate of drug-likeness (QED) is 0.212. The van der Waals surface area contributed by atoms with Crippen LogP contribution in [-0.2, 0) is 27.8 Å². The molecule has 15 heteroatoms. The summed E-state index contributed by atoms with van der Waals surface area (Å²) >= 11 is 0. The molecular weight excluding hydrogens is 676 g/mol. The first-order valence-corrected chi connectivity index (χ1v) is 17.8. The van der Waals surface area contributed by atoms with Crippen molar-refractivity contribution < 1.29 is 36.9 Å². The lowest BCUT2D eigenvalue weighted by Crippen LogP contribution is -2.50. The van der Waals surface area contributed by atoms with Crippen molar-refractivity contribution >= 4 is 27.5 Å². The number of ether oxygens (including phenoxy) is 5. The fourth-order valence-electron chi connectivity index (χ4n) is 5.69. The number of carbonyl (C=O) groups excluding carboxylic acids is 1. The van der Waals surface area contributed by atoms with Crippen LogP contribution in [0.3, 0.4) is 0 Å². The molecule has 1 aromatic heterocycles. The summed E-state index contributed by atoms with van der Waals surface area (Å²) in [6.45, 7) is 7.79. The summed E-state index contributed by atoms with van der Waals surface area (Å²) in [6, 6.07) is 17.9. The molecule has 2 N–H and O–H groups in total. The predicted molar refractivity (Wildman–Crippen MR) is 194 cm³/mol. The van der Waals surface area contributed by atoms with Gasteiger partial charge in [-0.2, -0.15) is 9.40 Å². The Balaban J connectivity index is 1.40. The Labute approximate surface area is 299 Å². The standard InChI is InChI=1S/C36H46N6O8S/c1-36(2,3)50-35(43)40-18-16-39(17-19-40)27-10-12-28(13-11-27)42-24-31(37)34(38-42)51(44,45)41(22-25-8-14-29(46-4)20-32(25)48-6)23-26-9-15-30(47-5)21-33(26)49-7/h8-15,20-21,24H,16-19,22-23,37H2,1-7H3. The van der Waals surface area contributed by atoms with Gasteiger partial charge in [0.2, 0.25) is 5.03 Å². The Hall–Kier alpha value is -5.15. The minimum atomic E-state index is -4.29. The topological polar surface area (TPSA) is 151 Å². The summed E-state index contributed by atoms with van der Waals surface area (Å²) in [4.78, 5) is 16.4. The first-order chi connectivity index (χ1) is 24.3. The first-order valence-electron chi connectivity index (χ1n) is 16.4. The van der Waals surface area contributed by atoms with Crippen LogP contribution < -0.4 is 29.6 Å². The summed E-state index contributed by atoms with van der Waals surface area (Å²) in [5, 5.41) is 4.20. The molecule has 0 spiro atoms. The second-order valence-corrected chi connectivity index (χ2v) is 14.8. The Kier molecular flexibility index (Phi) is 11.2. The number of hydrogen-bond acceptors (Lipinski definition) is 11. The van der Waals surface area contributed by atoms with Crippen molar-refractivity contribution in [3.63, 3.8) is 0 Å². The summed E-state index contributed by atoms with van der Waals surface area (Å²) < 4.78 is 59.0. The van der Waals surface area contributed by atoms with Crippen molar-refractivity contribution in [1.29, 1.82) is 0 Å². The third-order valence-corrected chi connectivity index (χ3v) is 10.1. The van der Waals surface area contributed by atoms with E-state index in [0.717, 1.165) is 5.69 Å². The van der Waals surface area contributed by atoms with Crippen LogP contribution in [0.1, 0.15) is 31.9 Å². The molecule has 14 nitrogen and oxygen atoms in total. The lowest BCUT2D eigenvalue weighted by atomic mass is 10.1. The molecule has 0 bridgehead atoms. The number of amides is 1. The van der Waals surface area contributed by atoms with Gasteiger partial charge in [-0.05, 0) is 57.2 Å². The van der Waals surface area contributed by atoms with Gasteiger partial charge in [-0.1, -0.05) is 12.1 Å². The van der Waals surface area contributed by atoms with Crippen molar-refractivity contribution in [3.05, 3.63) is 78.0 Å². The van der Waals surface area contributed by atoms with Crippen LogP contribution in [0.25, 0.3) is 5.69 Å². The van der Waals surface area contributed by atoms with E-state index in [1.165, 1.54) is 29.4 Å². The average Bonchev–Trinajstić information content (AvgIpc) is 3.53. The van der Waals surface area contributed by atoms with Gasteiger partial charge in [-0.3, -0.25) is 0 Å². The Morgan fingerprint density at radius 3 is 1.76 bits per heavy atom. The number of nitrogens with two attached hydrogens (primary N) is 1. The fraction of sp³-hybridized carbons (Fsp3) is 0.389. The molecule has 0 aliphatic carbocycles. The van der Waals surface area contributed by atoms with Gasteiger partial charge in [0, 0.05) is 68.2 Å². The van der Waals surface area contributed by atoms with Gasteiger partial charge in [0.05, 0.1) is 46.0 Å². The van der Waals surface area contributed by atoms with E-state index in [1.54, 1.807) is 55.5 Å². The first kappa shape index (κ1) is 37.1. The second kappa shape index (κ2) is 15.4. The maximum atomic E-state index is 14.5. The summed E-state index contributed by atoms with van der Waals surface area (Å²) in [6.07, 6.45) is 1.17. The number of carbonyl (C=O) groups is 1. The minimum Gasteiger partial charge on any atom is -0.497 e. The number of rotatable bonds is 12. The zero-order chi connectivity index (χ0) is 36.9. The Morgan fingerprint density at radius 1 is 0.784 bits per heavy atom. The van der Waals surface area contributed by atoms with Gasteiger partial charge in [-0.25, -0.2) is 17.9 Å². The van der Waals surface area contributed by atoms with Crippen LogP contribution in [0.15, 0.2) is 71.9 Å². The monoisotopic (exact) mass is 722 g/mol. The lowest BCUT2D eigenvalue weighted by molar-refractivity contribution is 0.0240. The van der Waals surface area contributed by atoms with Gasteiger partial charge in [0.1, 0.15) is 28.6 Å². The van der Waals surface area contributed by atoms with Gasteiger partial charge in [0.25, 0.3) is 10.0 Å². The number of hydrogen-bond donors (Lipinski definition) is 1. The van der Waals surface area contributed by atoms with Crippen molar-refractivity contribution in [2.45, 2.75) is 44.5 Å². The smallest absolute Gasteiger partial charge is 0.410 e. The van der Waals surface area contributed by atoms with Crippen LogP contribution in [0.2, 0.25) is 0 Å². The second-order valence-electron chi connectivity index (χ2n) is 12.9. The van der Waals surface area contributed by atoms with Crippen molar-refractivity contribution in [3.8, 4) is 28.7 Å². The van der Waals surface area contributed by atoms with E-state index in [2.05, 4.69) is 10.00 Å². The Morgan fingerprint density at radius 2 is 1.29 bits per heavy atom. The lowest BCUT2D eigenvalue weighted by Gasteiger charge is -2.36. The van der Waals surface area contributed by atoms with Gasteiger partial charge in [-0.15, -0.1) is 0 Å². The zero-order valence-electron chi connectivity index (χ0n) is 30.1.